The van der Waals surface area contributed by atoms with E-state index in [1.165, 1.54) is 10.7 Å². The number of nitro groups is 1. The van der Waals surface area contributed by atoms with Crippen LogP contribution >= 0.6 is 0 Å². The fourth-order valence-corrected chi connectivity index (χ4v) is 3.05. The number of non-ortho nitro benzene ring substituents is 1. The van der Waals surface area contributed by atoms with E-state index in [9.17, 15) is 24.5 Å². The fourth-order valence-electron chi connectivity index (χ4n) is 3.05. The maximum absolute atomic E-state index is 13.0. The molecule has 1 aromatic heterocycles. The van der Waals surface area contributed by atoms with E-state index in [0.717, 1.165) is 12.1 Å². The van der Waals surface area contributed by atoms with Gasteiger partial charge in [-0.25, -0.2) is 4.68 Å². The summed E-state index contributed by atoms with van der Waals surface area (Å²) in [6.07, 6.45) is 0. The minimum Gasteiger partial charge on any atom is -0.480 e. The highest BCUT2D eigenvalue weighted by Crippen LogP contribution is 2.24. The van der Waals surface area contributed by atoms with Crippen molar-refractivity contribution in [2.75, 3.05) is 17.2 Å². The van der Waals surface area contributed by atoms with E-state index >= 15 is 0 Å². The van der Waals surface area contributed by atoms with Gasteiger partial charge in [0.25, 0.3) is 17.2 Å². The van der Waals surface area contributed by atoms with Crippen LogP contribution in [0.5, 0.6) is 0 Å². The lowest BCUT2D eigenvalue weighted by molar-refractivity contribution is -0.384. The van der Waals surface area contributed by atoms with Gasteiger partial charge in [0.1, 0.15) is 12.2 Å². The highest BCUT2D eigenvalue weighted by atomic mass is 16.6. The molecule has 1 heterocycles. The second-order valence-corrected chi connectivity index (χ2v) is 6.62. The van der Waals surface area contributed by atoms with Crippen LogP contribution in [0.1, 0.15) is 16.1 Å². The number of nitrogens with zero attached hydrogens (tertiary/aromatic N) is 3. The summed E-state index contributed by atoms with van der Waals surface area (Å²) in [5.41, 5.74) is 0.293. The summed E-state index contributed by atoms with van der Waals surface area (Å²) in [7, 11) is 1.67. The molecule has 3 N–H and O–H groups in total. The normalized spacial score (nSPS) is 10.5. The number of amides is 1. The number of aliphatic carboxylic acids is 1. The van der Waals surface area contributed by atoms with Gasteiger partial charge in [-0.05, 0) is 25.1 Å². The minimum absolute atomic E-state index is 0.0360. The molecular formula is C20H19N5O6. The molecule has 0 aliphatic carbocycles. The van der Waals surface area contributed by atoms with Gasteiger partial charge in [-0.3, -0.25) is 29.2 Å². The zero-order chi connectivity index (χ0) is 22.7. The average Bonchev–Trinajstić information content (AvgIpc) is 2.95. The molecule has 0 saturated heterocycles. The first-order valence-corrected chi connectivity index (χ1v) is 9.10. The molecule has 0 spiro atoms. The summed E-state index contributed by atoms with van der Waals surface area (Å²) < 4.78 is 2.98. The highest BCUT2D eigenvalue weighted by Gasteiger charge is 2.22. The Balaban J connectivity index is 1.99. The standard InChI is InChI=1S/C20H19N5O6/c1-12-18(20(29)24(23(12)2)13-6-4-3-5-7-13)22-19(28)15-9-8-14(25(30)31)10-16(15)21-11-17(26)27/h3-10,21H,11H2,1-2H3,(H,22,28)(H,26,27). The number of hydrogen-bond donors (Lipinski definition) is 3. The van der Waals surface area contributed by atoms with E-state index < -0.39 is 28.9 Å². The number of hydrogen-bond acceptors (Lipinski definition) is 6. The lowest BCUT2D eigenvalue weighted by Gasteiger charge is -2.10. The van der Waals surface area contributed by atoms with Gasteiger partial charge < -0.3 is 15.7 Å². The number of anilines is 2. The first kappa shape index (κ1) is 21.3. The summed E-state index contributed by atoms with van der Waals surface area (Å²) in [4.78, 5) is 47.1. The van der Waals surface area contributed by atoms with Gasteiger partial charge in [0, 0.05) is 19.2 Å². The quantitative estimate of drug-likeness (QED) is 0.388. The van der Waals surface area contributed by atoms with E-state index in [1.807, 2.05) is 6.07 Å². The summed E-state index contributed by atoms with van der Waals surface area (Å²) in [6, 6.07) is 12.3. The van der Waals surface area contributed by atoms with Crippen LogP contribution in [-0.4, -0.2) is 37.8 Å². The monoisotopic (exact) mass is 425 g/mol. The Morgan fingerprint density at radius 3 is 2.45 bits per heavy atom. The third-order valence-corrected chi connectivity index (χ3v) is 4.68. The molecule has 0 atom stereocenters. The van der Waals surface area contributed by atoms with Crippen molar-refractivity contribution in [3.05, 3.63) is 80.3 Å². The molecule has 3 aromatic rings. The van der Waals surface area contributed by atoms with Gasteiger partial charge >= 0.3 is 5.97 Å². The number of carboxylic acid groups (broad SMARTS) is 1. The molecule has 160 valence electrons. The molecular weight excluding hydrogens is 406 g/mol. The summed E-state index contributed by atoms with van der Waals surface area (Å²) >= 11 is 0. The number of carboxylic acids is 1. The van der Waals surface area contributed by atoms with Gasteiger partial charge in [-0.2, -0.15) is 0 Å². The van der Waals surface area contributed by atoms with E-state index in [0.29, 0.717) is 11.4 Å². The Hall–Kier alpha value is -4.41. The van der Waals surface area contributed by atoms with E-state index in [4.69, 9.17) is 5.11 Å². The zero-order valence-electron chi connectivity index (χ0n) is 16.7. The van der Waals surface area contributed by atoms with Gasteiger partial charge in [-0.15, -0.1) is 0 Å². The van der Waals surface area contributed by atoms with Crippen molar-refractivity contribution in [3.8, 4) is 5.69 Å². The lowest BCUT2D eigenvalue weighted by atomic mass is 10.1. The number of rotatable bonds is 7. The van der Waals surface area contributed by atoms with Gasteiger partial charge in [0.15, 0.2) is 0 Å². The Morgan fingerprint density at radius 2 is 1.84 bits per heavy atom. The molecule has 0 bridgehead atoms. The Bertz CT molecular complexity index is 1230. The highest BCUT2D eigenvalue weighted by molar-refractivity contribution is 6.08. The van der Waals surface area contributed by atoms with Crippen LogP contribution in [0.15, 0.2) is 53.3 Å². The molecule has 0 saturated carbocycles. The molecule has 0 fully saturated rings. The first-order valence-electron chi connectivity index (χ1n) is 9.10. The molecule has 31 heavy (non-hydrogen) atoms. The summed E-state index contributed by atoms with van der Waals surface area (Å²) in [6.45, 7) is 1.11. The number of benzene rings is 2. The number of nitro benzene ring substituents is 1. The number of carbonyl (C=O) groups excluding carboxylic acids is 1. The zero-order valence-corrected chi connectivity index (χ0v) is 16.7. The minimum atomic E-state index is -1.21. The predicted molar refractivity (Wildman–Crippen MR) is 113 cm³/mol. The third-order valence-electron chi connectivity index (χ3n) is 4.68. The Labute approximate surface area is 175 Å². The van der Waals surface area contributed by atoms with Crippen molar-refractivity contribution in [3.63, 3.8) is 0 Å². The van der Waals surface area contributed by atoms with Crippen molar-refractivity contribution in [1.29, 1.82) is 0 Å². The topological polar surface area (TPSA) is 149 Å². The Morgan fingerprint density at radius 1 is 1.16 bits per heavy atom. The molecule has 0 unspecified atom stereocenters. The SMILES string of the molecule is Cc1c(NC(=O)c2ccc([N+](=O)[O-])cc2NCC(=O)O)c(=O)n(-c2ccccc2)n1C. The first-order chi connectivity index (χ1) is 14.7. The molecule has 3 rings (SSSR count). The van der Waals surface area contributed by atoms with Crippen LogP contribution in [0.4, 0.5) is 17.1 Å². The van der Waals surface area contributed by atoms with Crippen molar-refractivity contribution in [2.24, 2.45) is 7.05 Å². The van der Waals surface area contributed by atoms with E-state index in [1.54, 1.807) is 42.9 Å². The lowest BCUT2D eigenvalue weighted by Crippen LogP contribution is -2.23. The molecule has 0 aliphatic heterocycles. The van der Waals surface area contributed by atoms with Crippen LogP contribution in [0.2, 0.25) is 0 Å². The van der Waals surface area contributed by atoms with Crippen LogP contribution < -0.4 is 16.2 Å². The van der Waals surface area contributed by atoms with Crippen molar-refractivity contribution in [2.45, 2.75) is 6.92 Å². The second kappa shape index (κ2) is 8.53. The number of carbonyl (C=O) groups is 2. The van der Waals surface area contributed by atoms with Crippen LogP contribution in [0.25, 0.3) is 5.69 Å². The van der Waals surface area contributed by atoms with Crippen LogP contribution in [0.3, 0.4) is 0 Å². The van der Waals surface area contributed by atoms with E-state index in [2.05, 4.69) is 10.6 Å². The smallest absolute Gasteiger partial charge is 0.322 e. The van der Waals surface area contributed by atoms with E-state index in [-0.39, 0.29) is 22.6 Å². The Kier molecular flexibility index (Phi) is 5.86. The van der Waals surface area contributed by atoms with Gasteiger partial charge in [0.05, 0.1) is 27.6 Å². The largest absolute Gasteiger partial charge is 0.480 e. The molecule has 0 aliphatic rings. The third kappa shape index (κ3) is 4.29. The summed E-state index contributed by atoms with van der Waals surface area (Å²) in [5, 5.41) is 25.0. The number of aromatic nitrogens is 2. The molecule has 0 radical (unpaired) electrons. The van der Waals surface area contributed by atoms with Crippen molar-refractivity contribution in [1.82, 2.24) is 9.36 Å². The van der Waals surface area contributed by atoms with Crippen molar-refractivity contribution >= 4 is 28.9 Å². The molecule has 1 amide bonds. The van der Waals surface area contributed by atoms with Crippen molar-refractivity contribution < 1.29 is 19.6 Å². The summed E-state index contributed by atoms with van der Waals surface area (Å²) in [5.74, 6) is -1.92. The maximum Gasteiger partial charge on any atom is 0.322 e. The predicted octanol–water partition coefficient (Wildman–Crippen LogP) is 2.14. The van der Waals surface area contributed by atoms with Crippen LogP contribution in [0, 0.1) is 17.0 Å². The fraction of sp³-hybridized carbons (Fsp3) is 0.150. The van der Waals surface area contributed by atoms with Gasteiger partial charge in [-0.1, -0.05) is 18.2 Å². The number of nitrogens with one attached hydrogen (secondary N) is 2. The molecule has 2 aromatic carbocycles. The average molecular weight is 425 g/mol. The number of para-hydroxylation sites is 1. The maximum atomic E-state index is 13.0. The second-order valence-electron chi connectivity index (χ2n) is 6.62. The van der Waals surface area contributed by atoms with Crippen LogP contribution in [-0.2, 0) is 11.8 Å². The van der Waals surface area contributed by atoms with Gasteiger partial charge in [0.2, 0.25) is 0 Å². The molecule has 11 heteroatoms. The molecule has 11 nitrogen and oxygen atoms in total.